The Labute approximate surface area is 120 Å². The van der Waals surface area contributed by atoms with Gasteiger partial charge in [0.1, 0.15) is 6.04 Å². The number of carbonyl (C=O) groups is 2. The van der Waals surface area contributed by atoms with Gasteiger partial charge in [-0.2, -0.15) is 0 Å². The van der Waals surface area contributed by atoms with E-state index in [0.717, 1.165) is 19.3 Å². The summed E-state index contributed by atoms with van der Waals surface area (Å²) in [6, 6.07) is -0.371. The Hall–Kier alpha value is -1.10. The maximum atomic E-state index is 12.4. The lowest BCUT2D eigenvalue weighted by molar-refractivity contribution is -0.141. The summed E-state index contributed by atoms with van der Waals surface area (Å²) >= 11 is 0. The van der Waals surface area contributed by atoms with Crippen LogP contribution in [0.2, 0.25) is 0 Å². The van der Waals surface area contributed by atoms with E-state index in [2.05, 4.69) is 5.32 Å². The van der Waals surface area contributed by atoms with Gasteiger partial charge in [-0.05, 0) is 53.4 Å². The fraction of sp³-hybridized carbons (Fsp3) is 0.867. The minimum absolute atomic E-state index is 0.128. The van der Waals surface area contributed by atoms with Crippen LogP contribution in [0.4, 0.5) is 0 Å². The highest BCUT2D eigenvalue weighted by molar-refractivity contribution is 5.90. The molecule has 114 valence electrons. The summed E-state index contributed by atoms with van der Waals surface area (Å²) in [4.78, 5) is 26.4. The smallest absolute Gasteiger partial charge is 0.243 e. The summed E-state index contributed by atoms with van der Waals surface area (Å²) < 4.78 is 0. The molecule has 0 aromatic rings. The fourth-order valence-corrected chi connectivity index (χ4v) is 2.41. The molecule has 2 amide bonds. The lowest BCUT2D eigenvalue weighted by atomic mass is 9.85. The number of carbonyl (C=O) groups excluding carboxylic acids is 2. The molecular weight excluding hydrogens is 256 g/mol. The van der Waals surface area contributed by atoms with Crippen LogP contribution in [0, 0.1) is 5.92 Å². The molecule has 1 aliphatic carbocycles. The minimum atomic E-state index is -1.02. The molecule has 5 nitrogen and oxygen atoms in total. The van der Waals surface area contributed by atoms with E-state index in [1.807, 2.05) is 0 Å². The van der Waals surface area contributed by atoms with E-state index < -0.39 is 11.1 Å². The maximum Gasteiger partial charge on any atom is 0.243 e. The summed E-state index contributed by atoms with van der Waals surface area (Å²) in [6.45, 7) is 7.63. The van der Waals surface area contributed by atoms with Gasteiger partial charge in [0, 0.05) is 12.5 Å². The highest BCUT2D eigenvalue weighted by atomic mass is 16.3. The number of likely N-dealkylation sites (tertiary alicyclic amines) is 1. The maximum absolute atomic E-state index is 12.4. The molecule has 2 N–H and O–H groups in total. The van der Waals surface area contributed by atoms with Crippen LogP contribution in [0.3, 0.4) is 0 Å². The molecule has 2 fully saturated rings. The van der Waals surface area contributed by atoms with Gasteiger partial charge in [-0.25, -0.2) is 0 Å². The van der Waals surface area contributed by atoms with Crippen molar-refractivity contribution in [3.63, 3.8) is 0 Å². The van der Waals surface area contributed by atoms with E-state index >= 15 is 0 Å². The number of hydrogen-bond acceptors (Lipinski definition) is 3. The van der Waals surface area contributed by atoms with Crippen LogP contribution in [0.1, 0.15) is 53.4 Å². The van der Waals surface area contributed by atoms with Gasteiger partial charge in [0.05, 0.1) is 11.1 Å². The lowest BCUT2D eigenvalue weighted by Gasteiger charge is -2.39. The van der Waals surface area contributed by atoms with Crippen molar-refractivity contribution in [3.8, 4) is 0 Å². The predicted octanol–water partition coefficient (Wildman–Crippen LogP) is 1.05. The number of aliphatic hydroxyl groups is 1. The molecule has 2 aliphatic rings. The second-order valence-corrected chi connectivity index (χ2v) is 7.14. The Balaban J connectivity index is 2.02. The first-order valence-electron chi connectivity index (χ1n) is 7.48. The van der Waals surface area contributed by atoms with Crippen molar-refractivity contribution >= 4 is 11.8 Å². The molecule has 0 spiro atoms. The summed E-state index contributed by atoms with van der Waals surface area (Å²) in [5.74, 6) is 0.123. The van der Waals surface area contributed by atoms with E-state index in [1.165, 1.54) is 0 Å². The molecule has 1 heterocycles. The molecule has 20 heavy (non-hydrogen) atoms. The zero-order chi connectivity index (χ0) is 15.1. The molecule has 0 bridgehead atoms. The van der Waals surface area contributed by atoms with Crippen LogP contribution in [0.25, 0.3) is 0 Å². The van der Waals surface area contributed by atoms with Crippen molar-refractivity contribution in [1.82, 2.24) is 10.2 Å². The van der Waals surface area contributed by atoms with Crippen LogP contribution >= 0.6 is 0 Å². The van der Waals surface area contributed by atoms with Crippen LogP contribution in [0.5, 0.6) is 0 Å². The van der Waals surface area contributed by atoms with E-state index in [1.54, 1.807) is 32.6 Å². The summed E-state index contributed by atoms with van der Waals surface area (Å²) in [5, 5.41) is 13.0. The van der Waals surface area contributed by atoms with E-state index in [4.69, 9.17) is 0 Å². The highest BCUT2D eigenvalue weighted by Gasteiger charge is 2.43. The number of nitrogens with one attached hydrogen (secondary N) is 1. The van der Waals surface area contributed by atoms with Gasteiger partial charge in [0.25, 0.3) is 0 Å². The number of hydrogen-bond donors (Lipinski definition) is 2. The van der Waals surface area contributed by atoms with Gasteiger partial charge in [-0.15, -0.1) is 0 Å². The fourth-order valence-electron chi connectivity index (χ4n) is 2.41. The number of amides is 2. The first-order valence-corrected chi connectivity index (χ1v) is 7.48. The van der Waals surface area contributed by atoms with Crippen molar-refractivity contribution in [2.45, 2.75) is 70.6 Å². The molecule has 0 radical (unpaired) electrons. The van der Waals surface area contributed by atoms with Crippen LogP contribution < -0.4 is 5.32 Å². The number of nitrogens with zero attached hydrogens (tertiary/aromatic N) is 1. The summed E-state index contributed by atoms with van der Waals surface area (Å²) in [6.07, 6.45) is 3.50. The molecule has 1 saturated carbocycles. The summed E-state index contributed by atoms with van der Waals surface area (Å²) in [7, 11) is 0. The third kappa shape index (κ3) is 2.97. The van der Waals surface area contributed by atoms with Gasteiger partial charge < -0.3 is 15.3 Å². The Morgan fingerprint density at radius 1 is 1.15 bits per heavy atom. The molecule has 1 saturated heterocycles. The van der Waals surface area contributed by atoms with E-state index in [-0.39, 0.29) is 23.8 Å². The molecule has 0 aromatic heterocycles. The Kier molecular flexibility index (Phi) is 3.84. The van der Waals surface area contributed by atoms with Gasteiger partial charge in [-0.3, -0.25) is 9.59 Å². The SMILES string of the molecule is CC(C)(O)C(C)(C)NC(=O)C1CCCN1C(=O)C1CC1. The van der Waals surface area contributed by atoms with E-state index in [0.29, 0.717) is 13.0 Å². The molecule has 1 aliphatic heterocycles. The van der Waals surface area contributed by atoms with E-state index in [9.17, 15) is 14.7 Å². The van der Waals surface area contributed by atoms with Crippen molar-refractivity contribution in [2.75, 3.05) is 6.54 Å². The summed E-state index contributed by atoms with van der Waals surface area (Å²) in [5.41, 5.74) is -1.76. The molecule has 1 unspecified atom stereocenters. The Morgan fingerprint density at radius 2 is 1.75 bits per heavy atom. The molecule has 5 heteroatoms. The van der Waals surface area contributed by atoms with Crippen LogP contribution in [-0.2, 0) is 9.59 Å². The van der Waals surface area contributed by atoms with Crippen LogP contribution in [-0.4, -0.2) is 45.5 Å². The minimum Gasteiger partial charge on any atom is -0.388 e. The van der Waals surface area contributed by atoms with Crippen molar-refractivity contribution in [3.05, 3.63) is 0 Å². The second kappa shape index (κ2) is 5.02. The lowest BCUT2D eigenvalue weighted by Crippen LogP contribution is -2.61. The van der Waals surface area contributed by atoms with Crippen molar-refractivity contribution < 1.29 is 14.7 Å². The Morgan fingerprint density at radius 3 is 2.25 bits per heavy atom. The van der Waals surface area contributed by atoms with Crippen molar-refractivity contribution in [2.24, 2.45) is 5.92 Å². The van der Waals surface area contributed by atoms with Gasteiger partial charge in [0.2, 0.25) is 11.8 Å². The normalized spacial score (nSPS) is 23.9. The molecular formula is C15H26N2O3. The zero-order valence-electron chi connectivity index (χ0n) is 12.9. The first-order chi connectivity index (χ1) is 9.13. The molecule has 1 atom stereocenters. The first kappa shape index (κ1) is 15.3. The molecule has 0 aromatic carbocycles. The zero-order valence-corrected chi connectivity index (χ0v) is 12.9. The van der Waals surface area contributed by atoms with Crippen molar-refractivity contribution in [1.29, 1.82) is 0 Å². The third-order valence-electron chi connectivity index (χ3n) is 4.73. The molecule has 2 rings (SSSR count). The van der Waals surface area contributed by atoms with Crippen LogP contribution in [0.15, 0.2) is 0 Å². The third-order valence-corrected chi connectivity index (χ3v) is 4.73. The van der Waals surface area contributed by atoms with Gasteiger partial charge >= 0.3 is 0 Å². The predicted molar refractivity (Wildman–Crippen MR) is 76.0 cm³/mol. The monoisotopic (exact) mass is 282 g/mol. The topological polar surface area (TPSA) is 69.6 Å². The average molecular weight is 282 g/mol. The number of rotatable bonds is 4. The Bertz CT molecular complexity index is 408. The second-order valence-electron chi connectivity index (χ2n) is 7.14. The largest absolute Gasteiger partial charge is 0.388 e. The standard InChI is InChI=1S/C15H26N2O3/c1-14(2,15(3,4)20)16-12(18)11-6-5-9-17(11)13(19)10-7-8-10/h10-11,20H,5-9H2,1-4H3,(H,16,18). The highest BCUT2D eigenvalue weighted by Crippen LogP contribution is 2.34. The average Bonchev–Trinajstić information content (AvgIpc) is 3.03. The van der Waals surface area contributed by atoms with Gasteiger partial charge in [-0.1, -0.05) is 0 Å². The van der Waals surface area contributed by atoms with Gasteiger partial charge in [0.15, 0.2) is 0 Å². The quantitative estimate of drug-likeness (QED) is 0.810.